The third-order valence-electron chi connectivity index (χ3n) is 3.38. The number of para-hydroxylation sites is 1. The number of alkyl halides is 3. The molecule has 0 radical (unpaired) electrons. The van der Waals surface area contributed by atoms with Crippen molar-refractivity contribution in [3.05, 3.63) is 29.8 Å². The van der Waals surface area contributed by atoms with Crippen LogP contribution in [0.1, 0.15) is 24.8 Å². The molecule has 2 rings (SSSR count). The van der Waals surface area contributed by atoms with Gasteiger partial charge in [0.25, 0.3) is 0 Å². The predicted octanol–water partition coefficient (Wildman–Crippen LogP) is 3.90. The topological polar surface area (TPSA) is 21.3 Å². The van der Waals surface area contributed by atoms with Gasteiger partial charge in [0.2, 0.25) is 0 Å². The first kappa shape index (κ1) is 17.1. The van der Waals surface area contributed by atoms with Gasteiger partial charge in [-0.2, -0.15) is 13.2 Å². The normalized spacial score (nSPS) is 19.2. The van der Waals surface area contributed by atoms with E-state index in [2.05, 4.69) is 5.32 Å². The van der Waals surface area contributed by atoms with Gasteiger partial charge >= 0.3 is 6.18 Å². The first-order chi connectivity index (χ1) is 9.07. The van der Waals surface area contributed by atoms with Crippen molar-refractivity contribution in [1.29, 1.82) is 0 Å². The molecule has 1 aliphatic rings. The highest BCUT2D eigenvalue weighted by Crippen LogP contribution is 2.36. The van der Waals surface area contributed by atoms with Gasteiger partial charge in [-0.3, -0.25) is 0 Å². The van der Waals surface area contributed by atoms with Crippen LogP contribution < -0.4 is 10.1 Å². The van der Waals surface area contributed by atoms with E-state index in [-0.39, 0.29) is 18.2 Å². The Morgan fingerprint density at radius 1 is 1.25 bits per heavy atom. The summed E-state index contributed by atoms with van der Waals surface area (Å²) in [7, 11) is 0. The van der Waals surface area contributed by atoms with Gasteiger partial charge in [-0.15, -0.1) is 12.4 Å². The molecule has 0 spiro atoms. The summed E-state index contributed by atoms with van der Waals surface area (Å²) in [4.78, 5) is 0. The Morgan fingerprint density at radius 2 is 2.00 bits per heavy atom. The zero-order valence-corrected chi connectivity index (χ0v) is 11.9. The van der Waals surface area contributed by atoms with Crippen molar-refractivity contribution in [2.75, 3.05) is 19.7 Å². The molecule has 0 bridgehead atoms. The molecule has 1 aliphatic heterocycles. The lowest BCUT2D eigenvalue weighted by Gasteiger charge is -2.23. The molecule has 0 amide bonds. The molecule has 1 fully saturated rings. The fourth-order valence-electron chi connectivity index (χ4n) is 2.33. The van der Waals surface area contributed by atoms with E-state index in [0.29, 0.717) is 12.5 Å². The van der Waals surface area contributed by atoms with Crippen molar-refractivity contribution in [2.45, 2.75) is 25.4 Å². The van der Waals surface area contributed by atoms with E-state index in [1.165, 1.54) is 12.1 Å². The summed E-state index contributed by atoms with van der Waals surface area (Å²) >= 11 is 0. The van der Waals surface area contributed by atoms with Crippen LogP contribution in [0.2, 0.25) is 0 Å². The largest absolute Gasteiger partial charge is 0.493 e. The molecular formula is C14H19ClF3NO. The standard InChI is InChI=1S/C14H18F3NO.ClH/c15-14(16,17)12-5-1-2-6-13(12)19-9-7-11-4-3-8-18-10-11;/h1-2,5-6,11,18H,3-4,7-10H2;1H. The summed E-state index contributed by atoms with van der Waals surface area (Å²) < 4.78 is 43.5. The summed E-state index contributed by atoms with van der Waals surface area (Å²) in [5.74, 6) is 0.436. The molecule has 6 heteroatoms. The van der Waals surface area contributed by atoms with Crippen LogP contribution in [0, 0.1) is 5.92 Å². The van der Waals surface area contributed by atoms with Crippen LogP contribution >= 0.6 is 12.4 Å². The minimum Gasteiger partial charge on any atom is -0.493 e. The zero-order chi connectivity index (χ0) is 13.7. The van der Waals surface area contributed by atoms with Crippen molar-refractivity contribution in [2.24, 2.45) is 5.92 Å². The van der Waals surface area contributed by atoms with Crippen LogP contribution in [-0.2, 0) is 6.18 Å². The summed E-state index contributed by atoms with van der Waals surface area (Å²) in [6, 6.07) is 5.37. The summed E-state index contributed by atoms with van der Waals surface area (Å²) in [5, 5.41) is 3.28. The quantitative estimate of drug-likeness (QED) is 0.911. The Labute approximate surface area is 123 Å². The van der Waals surface area contributed by atoms with E-state index >= 15 is 0 Å². The maximum Gasteiger partial charge on any atom is 0.419 e. The second kappa shape index (κ2) is 7.74. The Balaban J connectivity index is 0.00000200. The van der Waals surface area contributed by atoms with E-state index < -0.39 is 11.7 Å². The summed E-state index contributed by atoms with van der Waals surface area (Å²) in [6.07, 6.45) is -1.32. The lowest BCUT2D eigenvalue weighted by atomic mass is 9.97. The molecule has 2 nitrogen and oxygen atoms in total. The van der Waals surface area contributed by atoms with Crippen molar-refractivity contribution < 1.29 is 17.9 Å². The van der Waals surface area contributed by atoms with Crippen molar-refractivity contribution >= 4 is 12.4 Å². The minimum atomic E-state index is -4.36. The Bertz CT molecular complexity index is 406. The molecule has 0 aromatic heterocycles. The molecule has 1 unspecified atom stereocenters. The van der Waals surface area contributed by atoms with Gasteiger partial charge in [-0.1, -0.05) is 12.1 Å². The molecule has 0 aliphatic carbocycles. The molecule has 1 N–H and O–H groups in total. The van der Waals surface area contributed by atoms with Gasteiger partial charge in [0, 0.05) is 0 Å². The number of hydrogen-bond acceptors (Lipinski definition) is 2. The minimum absolute atomic E-state index is 0. The van der Waals surface area contributed by atoms with Crippen LogP contribution in [0.4, 0.5) is 13.2 Å². The number of ether oxygens (including phenoxy) is 1. The molecule has 114 valence electrons. The van der Waals surface area contributed by atoms with Crippen LogP contribution in [0.5, 0.6) is 5.75 Å². The van der Waals surface area contributed by atoms with Crippen molar-refractivity contribution in [1.82, 2.24) is 5.32 Å². The molecule has 1 atom stereocenters. The number of hydrogen-bond donors (Lipinski definition) is 1. The van der Waals surface area contributed by atoms with Crippen molar-refractivity contribution in [3.8, 4) is 5.75 Å². The maximum absolute atomic E-state index is 12.7. The Morgan fingerprint density at radius 3 is 2.65 bits per heavy atom. The third kappa shape index (κ3) is 4.87. The lowest BCUT2D eigenvalue weighted by Crippen LogP contribution is -2.30. The highest BCUT2D eigenvalue weighted by molar-refractivity contribution is 5.85. The molecule has 1 aromatic carbocycles. The second-order valence-electron chi connectivity index (χ2n) is 4.84. The number of halogens is 4. The summed E-state index contributed by atoms with van der Waals surface area (Å²) in [6.45, 7) is 2.30. The van der Waals surface area contributed by atoms with Gasteiger partial charge in [-0.25, -0.2) is 0 Å². The first-order valence-corrected chi connectivity index (χ1v) is 6.57. The highest BCUT2D eigenvalue weighted by atomic mass is 35.5. The van der Waals surface area contributed by atoms with Gasteiger partial charge in [0.15, 0.2) is 0 Å². The SMILES string of the molecule is Cl.FC(F)(F)c1ccccc1OCCC1CCCNC1. The number of nitrogens with one attached hydrogen (secondary N) is 1. The van der Waals surface area contributed by atoms with E-state index in [9.17, 15) is 13.2 Å². The first-order valence-electron chi connectivity index (χ1n) is 6.57. The fourth-order valence-corrected chi connectivity index (χ4v) is 2.33. The maximum atomic E-state index is 12.7. The van der Waals surface area contributed by atoms with Crippen LogP contribution in [-0.4, -0.2) is 19.7 Å². The van der Waals surface area contributed by atoms with E-state index in [0.717, 1.165) is 38.4 Å². The van der Waals surface area contributed by atoms with E-state index in [4.69, 9.17) is 4.74 Å². The van der Waals surface area contributed by atoms with Gasteiger partial charge in [0.1, 0.15) is 5.75 Å². The second-order valence-corrected chi connectivity index (χ2v) is 4.84. The van der Waals surface area contributed by atoms with Crippen LogP contribution in [0.3, 0.4) is 0 Å². The number of piperidine rings is 1. The molecular weight excluding hydrogens is 291 g/mol. The van der Waals surface area contributed by atoms with E-state index in [1.54, 1.807) is 6.07 Å². The third-order valence-corrected chi connectivity index (χ3v) is 3.38. The van der Waals surface area contributed by atoms with Crippen LogP contribution in [0.15, 0.2) is 24.3 Å². The average Bonchev–Trinajstić information content (AvgIpc) is 2.39. The monoisotopic (exact) mass is 309 g/mol. The fraction of sp³-hybridized carbons (Fsp3) is 0.571. The molecule has 20 heavy (non-hydrogen) atoms. The van der Waals surface area contributed by atoms with Gasteiger partial charge < -0.3 is 10.1 Å². The number of benzene rings is 1. The smallest absolute Gasteiger partial charge is 0.419 e. The van der Waals surface area contributed by atoms with Crippen molar-refractivity contribution in [3.63, 3.8) is 0 Å². The predicted molar refractivity (Wildman–Crippen MR) is 74.4 cm³/mol. The van der Waals surface area contributed by atoms with Gasteiger partial charge in [0.05, 0.1) is 12.2 Å². The Kier molecular flexibility index (Phi) is 6.62. The lowest BCUT2D eigenvalue weighted by molar-refractivity contribution is -0.139. The number of rotatable bonds is 4. The highest BCUT2D eigenvalue weighted by Gasteiger charge is 2.34. The molecule has 1 heterocycles. The average molecular weight is 310 g/mol. The zero-order valence-electron chi connectivity index (χ0n) is 11.1. The molecule has 1 saturated heterocycles. The molecule has 0 saturated carbocycles. The van der Waals surface area contributed by atoms with Crippen LogP contribution in [0.25, 0.3) is 0 Å². The Hall–Kier alpha value is -0.940. The van der Waals surface area contributed by atoms with E-state index in [1.807, 2.05) is 0 Å². The van der Waals surface area contributed by atoms with Gasteiger partial charge in [-0.05, 0) is 50.4 Å². The molecule has 1 aromatic rings. The summed E-state index contributed by atoms with van der Waals surface area (Å²) in [5.41, 5.74) is -0.697.